The number of carbonyl (C=O) groups is 1. The van der Waals surface area contributed by atoms with E-state index in [0.29, 0.717) is 17.5 Å². The number of para-hydroxylation sites is 1. The Kier molecular flexibility index (Phi) is 6.69. The average molecular weight is 518 g/mol. The van der Waals surface area contributed by atoms with Gasteiger partial charge >= 0.3 is 18.1 Å². The first-order chi connectivity index (χ1) is 17.3. The van der Waals surface area contributed by atoms with E-state index in [1.165, 1.54) is 0 Å². The van der Waals surface area contributed by atoms with E-state index < -0.39 is 12.1 Å². The molecule has 1 spiro atoms. The Balaban J connectivity index is 1.29. The number of rotatable bonds is 5. The minimum atomic E-state index is -4.69. The number of amides is 2. The molecule has 2 aliphatic rings. The summed E-state index contributed by atoms with van der Waals surface area (Å²) in [4.78, 5) is 17.3. The lowest BCUT2D eigenvalue weighted by Crippen LogP contribution is -2.59. The van der Waals surface area contributed by atoms with E-state index in [1.807, 2.05) is 35.2 Å². The number of urea groups is 1. The van der Waals surface area contributed by atoms with Crippen molar-refractivity contribution in [3.8, 4) is 11.5 Å². The molecule has 1 aromatic heterocycles. The number of aromatic nitrogens is 2. The molecule has 5 rings (SSSR count). The number of hydrogen-bond donors (Lipinski definition) is 0. The molecule has 0 atom stereocenters. The summed E-state index contributed by atoms with van der Waals surface area (Å²) in [5.41, 5.74) is 2.32. The summed E-state index contributed by atoms with van der Waals surface area (Å²) >= 11 is 1.77. The number of carbonyl (C=O) groups excluding carboxylic acids is 1. The molecule has 0 unspecified atom stereocenters. The summed E-state index contributed by atoms with van der Waals surface area (Å²) in [5, 5.41) is 6.58. The number of piperidine rings is 1. The standard InChI is InChI=1S/C25H26F3N5O2S/c1-36-32-16-24(17-32)11-13-31(14-12-24)23(34)33(20-5-3-2-4-6-20)15-18-7-9-19(10-8-18)21-29-30-22(35-21)25(26,27)28/h2-10H,11-17H2,1H3. The zero-order valence-electron chi connectivity index (χ0n) is 19.7. The molecule has 11 heteroatoms. The highest BCUT2D eigenvalue weighted by Gasteiger charge is 2.45. The van der Waals surface area contributed by atoms with Gasteiger partial charge in [0, 0.05) is 42.8 Å². The average Bonchev–Trinajstić information content (AvgIpc) is 3.38. The minimum absolute atomic E-state index is 0.0482. The molecular weight excluding hydrogens is 491 g/mol. The normalized spacial score (nSPS) is 17.7. The van der Waals surface area contributed by atoms with Crippen LogP contribution in [0.15, 0.2) is 59.0 Å². The molecular formula is C25H26F3N5O2S. The maximum absolute atomic E-state index is 13.6. The predicted octanol–water partition coefficient (Wildman–Crippen LogP) is 5.56. The van der Waals surface area contributed by atoms with Crippen molar-refractivity contribution in [3.63, 3.8) is 0 Å². The number of likely N-dealkylation sites (tertiary alicyclic amines) is 1. The van der Waals surface area contributed by atoms with Gasteiger partial charge in [0.25, 0.3) is 0 Å². The van der Waals surface area contributed by atoms with Gasteiger partial charge in [-0.15, -0.1) is 10.2 Å². The zero-order chi connectivity index (χ0) is 25.3. The van der Waals surface area contributed by atoms with Crippen LogP contribution in [0.2, 0.25) is 0 Å². The van der Waals surface area contributed by atoms with Crippen LogP contribution in [0, 0.1) is 5.41 Å². The number of alkyl halides is 3. The van der Waals surface area contributed by atoms with Crippen molar-refractivity contribution in [2.45, 2.75) is 25.6 Å². The smallest absolute Gasteiger partial charge is 0.413 e. The Labute approximate surface area is 211 Å². The van der Waals surface area contributed by atoms with Gasteiger partial charge in [-0.05, 0) is 48.9 Å². The van der Waals surface area contributed by atoms with Crippen LogP contribution in [0.4, 0.5) is 23.7 Å². The second kappa shape index (κ2) is 9.78. The van der Waals surface area contributed by atoms with Crippen molar-refractivity contribution in [1.29, 1.82) is 0 Å². The van der Waals surface area contributed by atoms with Crippen molar-refractivity contribution >= 4 is 23.7 Å². The third kappa shape index (κ3) is 5.08. The van der Waals surface area contributed by atoms with Gasteiger partial charge in [0.2, 0.25) is 5.89 Å². The summed E-state index contributed by atoms with van der Waals surface area (Å²) in [6.45, 7) is 3.93. The van der Waals surface area contributed by atoms with E-state index in [4.69, 9.17) is 4.42 Å². The molecule has 7 nitrogen and oxygen atoms in total. The molecule has 3 heterocycles. The monoisotopic (exact) mass is 517 g/mol. The summed E-state index contributed by atoms with van der Waals surface area (Å²) < 4.78 is 45.4. The fraction of sp³-hybridized carbons (Fsp3) is 0.400. The number of anilines is 1. The summed E-state index contributed by atoms with van der Waals surface area (Å²) in [7, 11) is 0. The highest BCUT2D eigenvalue weighted by atomic mass is 32.2. The largest absolute Gasteiger partial charge is 0.470 e. The quantitative estimate of drug-likeness (QED) is 0.413. The highest BCUT2D eigenvalue weighted by molar-refractivity contribution is 7.96. The van der Waals surface area contributed by atoms with Crippen molar-refractivity contribution < 1.29 is 22.4 Å². The maximum Gasteiger partial charge on any atom is 0.470 e. The van der Waals surface area contributed by atoms with Crippen LogP contribution in [-0.4, -0.2) is 57.9 Å². The number of benzene rings is 2. The van der Waals surface area contributed by atoms with Gasteiger partial charge in [-0.2, -0.15) is 13.2 Å². The van der Waals surface area contributed by atoms with E-state index >= 15 is 0 Å². The number of hydrogen-bond acceptors (Lipinski definition) is 6. The fourth-order valence-corrected chi connectivity index (χ4v) is 5.56. The second-order valence-electron chi connectivity index (χ2n) is 9.28. The summed E-state index contributed by atoms with van der Waals surface area (Å²) in [6, 6.07) is 16.2. The van der Waals surface area contributed by atoms with Crippen molar-refractivity contribution in [3.05, 3.63) is 66.1 Å². The zero-order valence-corrected chi connectivity index (χ0v) is 20.6. The molecule has 0 aliphatic carbocycles. The second-order valence-corrected chi connectivity index (χ2v) is 10.2. The predicted molar refractivity (Wildman–Crippen MR) is 131 cm³/mol. The van der Waals surface area contributed by atoms with E-state index in [1.54, 1.807) is 41.1 Å². The maximum atomic E-state index is 13.6. The van der Waals surface area contributed by atoms with Gasteiger partial charge in [0.1, 0.15) is 0 Å². The third-order valence-electron chi connectivity index (χ3n) is 6.88. The first kappa shape index (κ1) is 24.6. The molecule has 0 bridgehead atoms. The first-order valence-electron chi connectivity index (χ1n) is 11.7. The lowest BCUT2D eigenvalue weighted by atomic mass is 9.73. The minimum Gasteiger partial charge on any atom is -0.413 e. The van der Waals surface area contributed by atoms with E-state index in [-0.39, 0.29) is 11.9 Å². The van der Waals surface area contributed by atoms with Crippen molar-refractivity contribution in [2.75, 3.05) is 37.3 Å². The van der Waals surface area contributed by atoms with Gasteiger partial charge in [0.05, 0.1) is 6.54 Å². The molecule has 36 heavy (non-hydrogen) atoms. The number of nitrogens with zero attached hydrogens (tertiary/aromatic N) is 5. The molecule has 2 amide bonds. The Bertz CT molecular complexity index is 1190. The molecule has 0 radical (unpaired) electrons. The van der Waals surface area contributed by atoms with E-state index in [0.717, 1.165) is 50.3 Å². The van der Waals surface area contributed by atoms with Gasteiger partial charge in [-0.1, -0.05) is 42.3 Å². The molecule has 3 aromatic rings. The van der Waals surface area contributed by atoms with Crippen LogP contribution < -0.4 is 4.90 Å². The van der Waals surface area contributed by atoms with Crippen molar-refractivity contribution in [2.24, 2.45) is 5.41 Å². The number of halogens is 3. The SMILES string of the molecule is CSN1CC2(CCN(C(=O)N(Cc3ccc(-c4nnc(C(F)(F)F)o4)cc3)c3ccccc3)CC2)C1. The Hall–Kier alpha value is -3.05. The highest BCUT2D eigenvalue weighted by Crippen LogP contribution is 2.43. The topological polar surface area (TPSA) is 65.7 Å². The van der Waals surface area contributed by atoms with Crippen LogP contribution >= 0.6 is 11.9 Å². The van der Waals surface area contributed by atoms with Crippen LogP contribution in [0.25, 0.3) is 11.5 Å². The van der Waals surface area contributed by atoms with Crippen LogP contribution in [0.1, 0.15) is 24.3 Å². The van der Waals surface area contributed by atoms with Gasteiger partial charge in [-0.25, -0.2) is 9.10 Å². The lowest BCUT2D eigenvalue weighted by Gasteiger charge is -2.53. The Morgan fingerprint density at radius 2 is 1.72 bits per heavy atom. The Morgan fingerprint density at radius 1 is 1.06 bits per heavy atom. The molecule has 190 valence electrons. The fourth-order valence-electron chi connectivity index (χ4n) is 4.76. The molecule has 0 saturated carbocycles. The van der Waals surface area contributed by atoms with E-state index in [2.05, 4.69) is 20.8 Å². The van der Waals surface area contributed by atoms with Crippen LogP contribution in [0.5, 0.6) is 0 Å². The molecule has 2 saturated heterocycles. The van der Waals surface area contributed by atoms with Crippen LogP contribution in [0.3, 0.4) is 0 Å². The van der Waals surface area contributed by atoms with Gasteiger partial charge in [-0.3, -0.25) is 4.90 Å². The van der Waals surface area contributed by atoms with Crippen molar-refractivity contribution in [1.82, 2.24) is 19.4 Å². The van der Waals surface area contributed by atoms with E-state index in [9.17, 15) is 18.0 Å². The van der Waals surface area contributed by atoms with Crippen LogP contribution in [-0.2, 0) is 12.7 Å². The molecule has 2 fully saturated rings. The summed E-state index contributed by atoms with van der Waals surface area (Å²) in [6.07, 6.45) is -0.602. The summed E-state index contributed by atoms with van der Waals surface area (Å²) in [5.74, 6) is -1.59. The lowest BCUT2D eigenvalue weighted by molar-refractivity contribution is -0.156. The molecule has 2 aromatic carbocycles. The molecule has 0 N–H and O–H groups in total. The third-order valence-corrected chi connectivity index (χ3v) is 7.66. The molecule has 2 aliphatic heterocycles. The van der Waals surface area contributed by atoms with Gasteiger partial charge < -0.3 is 9.32 Å². The van der Waals surface area contributed by atoms with Gasteiger partial charge in [0.15, 0.2) is 0 Å². The Morgan fingerprint density at radius 3 is 2.31 bits per heavy atom. The first-order valence-corrected chi connectivity index (χ1v) is 12.9.